The van der Waals surface area contributed by atoms with Gasteiger partial charge in [-0.1, -0.05) is 127 Å². The second kappa shape index (κ2) is 12.4. The number of aromatic nitrogens is 4. The van der Waals surface area contributed by atoms with E-state index in [1.807, 2.05) is 59.2 Å². The van der Waals surface area contributed by atoms with E-state index in [2.05, 4.69) is 111 Å². The average Bonchev–Trinajstić information content (AvgIpc) is 3.52. The number of benzene rings is 6. The Balaban J connectivity index is 1.38. The molecule has 8 rings (SSSR count). The summed E-state index contributed by atoms with van der Waals surface area (Å²) in [7, 11) is -2.83. The Kier molecular flexibility index (Phi) is 7.51. The molecule has 232 valence electrons. The van der Waals surface area contributed by atoms with Gasteiger partial charge in [0.2, 0.25) is 11.8 Å². The van der Waals surface area contributed by atoms with Gasteiger partial charge in [0, 0.05) is 5.56 Å². The van der Waals surface area contributed by atoms with Gasteiger partial charge in [0.1, 0.15) is 6.07 Å². The smallest absolute Gasteiger partial charge is 0.239 e. The molecular weight excluding hydrogens is 631 g/mol. The van der Waals surface area contributed by atoms with Gasteiger partial charge in [0.05, 0.1) is 24.2 Å². The third-order valence-electron chi connectivity index (χ3n) is 9.09. The first-order valence-corrected chi connectivity index (χ1v) is 17.9. The fourth-order valence-electron chi connectivity index (χ4n) is 6.95. The van der Waals surface area contributed by atoms with Crippen LogP contribution in [-0.4, -0.2) is 27.6 Å². The maximum Gasteiger partial charge on any atom is 0.239 e. The lowest BCUT2D eigenvalue weighted by Crippen LogP contribution is -2.74. The van der Waals surface area contributed by atoms with E-state index >= 15 is 0 Å². The molecule has 0 spiro atoms. The van der Waals surface area contributed by atoms with Gasteiger partial charge in [0.25, 0.3) is 0 Å². The Labute approximate surface area is 289 Å². The maximum absolute atomic E-state index is 10.2. The van der Waals surface area contributed by atoms with E-state index in [1.54, 1.807) is 12.1 Å². The van der Waals surface area contributed by atoms with E-state index in [9.17, 15) is 5.26 Å². The molecule has 0 saturated carbocycles. The second-order valence-corrected chi connectivity index (χ2v) is 15.6. The van der Waals surface area contributed by atoms with Crippen LogP contribution in [0.5, 0.6) is 0 Å². The second-order valence-electron chi connectivity index (χ2n) is 11.8. The van der Waals surface area contributed by atoms with Crippen LogP contribution in [0.15, 0.2) is 152 Å². The summed E-state index contributed by atoms with van der Waals surface area (Å²) in [5, 5.41) is 16.6. The molecule has 2 heterocycles. The molecule has 0 amide bonds. The minimum absolute atomic E-state index is 0.0151. The highest BCUT2D eigenvalue weighted by Gasteiger charge is 2.41. The Morgan fingerprint density at radius 3 is 1.52 bits per heavy atom. The van der Waals surface area contributed by atoms with E-state index in [0.29, 0.717) is 17.2 Å². The van der Waals surface area contributed by atoms with Crippen molar-refractivity contribution in [3.05, 3.63) is 180 Å². The van der Waals surface area contributed by atoms with E-state index in [0.717, 1.165) is 32.6 Å². The van der Waals surface area contributed by atoms with E-state index in [1.165, 1.54) is 15.6 Å². The molecule has 0 bridgehead atoms. The molecule has 6 aromatic carbocycles. The molecule has 2 aromatic heterocycles. The Morgan fingerprint density at radius 1 is 0.540 bits per heavy atom. The van der Waals surface area contributed by atoms with Gasteiger partial charge in [-0.25, -0.2) is 9.69 Å². The highest BCUT2D eigenvalue weighted by molar-refractivity contribution is 7.19. The molecule has 8 aromatic rings. The molecule has 7 nitrogen and oxygen atoms in total. The lowest BCUT2D eigenvalue weighted by atomic mass is 10.1. The minimum atomic E-state index is -2.83. The Bertz CT molecular complexity index is 2520. The zero-order valence-corrected chi connectivity index (χ0v) is 27.6. The van der Waals surface area contributed by atoms with Crippen LogP contribution in [0.4, 0.5) is 11.4 Å². The molecule has 0 saturated heterocycles. The van der Waals surface area contributed by atoms with Crippen molar-refractivity contribution in [2.24, 2.45) is 0 Å². The van der Waals surface area contributed by atoms with Crippen molar-refractivity contribution in [3.63, 3.8) is 0 Å². The zero-order chi connectivity index (χ0) is 34.1. The summed E-state index contributed by atoms with van der Waals surface area (Å²) in [5.74, 6) is 0.635. The van der Waals surface area contributed by atoms with Crippen molar-refractivity contribution in [2.75, 3.05) is 0 Å². The fourth-order valence-corrected chi connectivity index (χ4v) is 11.7. The number of rotatable bonds is 6. The molecule has 0 unspecified atom stereocenters. The lowest BCUT2D eigenvalue weighted by molar-refractivity contribution is 0.930. The van der Waals surface area contributed by atoms with Gasteiger partial charge in [-0.3, -0.25) is 4.57 Å². The van der Waals surface area contributed by atoms with Gasteiger partial charge >= 0.3 is 0 Å². The predicted molar refractivity (Wildman–Crippen MR) is 200 cm³/mol. The van der Waals surface area contributed by atoms with Gasteiger partial charge in [-0.15, -0.1) is 0 Å². The summed E-state index contributed by atoms with van der Waals surface area (Å²) in [5.41, 5.74) is 3.24. The first-order chi connectivity index (χ1) is 24.6. The van der Waals surface area contributed by atoms with Gasteiger partial charge < -0.3 is 0 Å². The average molecular weight is 656 g/mol. The van der Waals surface area contributed by atoms with Crippen molar-refractivity contribution >= 4 is 62.0 Å². The van der Waals surface area contributed by atoms with Crippen LogP contribution in [0.1, 0.15) is 5.82 Å². The number of hydrogen-bond acceptors (Lipinski definition) is 4. The Hall–Kier alpha value is -7.18. The van der Waals surface area contributed by atoms with Crippen LogP contribution in [-0.2, 0) is 0 Å². The number of fused-ring (bicyclic) bond motifs is 3. The third kappa shape index (κ3) is 4.91. The molecule has 0 radical (unpaired) electrons. The normalized spacial score (nSPS) is 11.1. The summed E-state index contributed by atoms with van der Waals surface area (Å²) < 4.78 is 1.87. The van der Waals surface area contributed by atoms with E-state index in [4.69, 9.17) is 18.1 Å². The Morgan fingerprint density at radius 2 is 1.04 bits per heavy atom. The van der Waals surface area contributed by atoms with Crippen molar-refractivity contribution in [2.45, 2.75) is 0 Å². The van der Waals surface area contributed by atoms with Gasteiger partial charge in [-0.2, -0.15) is 20.2 Å². The predicted octanol–water partition coefficient (Wildman–Crippen LogP) is 6.99. The first-order valence-electron chi connectivity index (χ1n) is 15.9. The van der Waals surface area contributed by atoms with Crippen molar-refractivity contribution in [3.8, 4) is 23.4 Å². The van der Waals surface area contributed by atoms with Gasteiger partial charge in [-0.05, 0) is 55.8 Å². The molecule has 0 N–H and O–H groups in total. The summed E-state index contributed by atoms with van der Waals surface area (Å²) in [6.45, 7) is 15.2. The first kappa shape index (κ1) is 30.2. The molecule has 0 aliphatic rings. The maximum atomic E-state index is 10.2. The molecule has 0 aliphatic heterocycles. The molecule has 50 heavy (non-hydrogen) atoms. The lowest BCUT2D eigenvalue weighted by Gasteiger charge is -2.34. The minimum Gasteiger partial charge on any atom is -0.278 e. The standard InChI is InChI=1S/C42H25N7Si/c1-44-30-21-23-38-36(26-30)37-27-31(45-2)22-24-39(37)49(38)42-47-40(28-43)46-41(48-42)29-13-12-20-35(25-29)50(32-14-6-3-7-15-32,33-16-8-4-9-17-33)34-18-10-5-11-19-34/h3-27H. The SMILES string of the molecule is [C-]#[N+]c1ccc2c(c1)c1cc([N+]#[C-])ccc1n2-c1nc(C#N)nc(-c2cccc([Si](c3ccccc3)(c3ccccc3)c3ccccc3)c2)n1. The molecule has 0 fully saturated rings. The topological polar surface area (TPSA) is 76.1 Å². The largest absolute Gasteiger partial charge is 0.278 e. The quantitative estimate of drug-likeness (QED) is 0.110. The molecule has 0 atom stereocenters. The number of nitrogens with zero attached hydrogens (tertiary/aromatic N) is 7. The van der Waals surface area contributed by atoms with Crippen molar-refractivity contribution in [1.82, 2.24) is 19.5 Å². The highest BCUT2D eigenvalue weighted by Crippen LogP contribution is 2.36. The van der Waals surface area contributed by atoms with Crippen LogP contribution >= 0.6 is 0 Å². The van der Waals surface area contributed by atoms with Gasteiger partial charge in [0.15, 0.2) is 25.3 Å². The van der Waals surface area contributed by atoms with E-state index in [-0.39, 0.29) is 11.8 Å². The fraction of sp³-hybridized carbons (Fsp3) is 0. The highest BCUT2D eigenvalue weighted by atomic mass is 28.3. The summed E-state index contributed by atoms with van der Waals surface area (Å²) in [4.78, 5) is 21.5. The molecule has 8 heteroatoms. The third-order valence-corrected chi connectivity index (χ3v) is 13.9. The van der Waals surface area contributed by atoms with Crippen LogP contribution in [0, 0.1) is 24.5 Å². The van der Waals surface area contributed by atoms with Crippen LogP contribution < -0.4 is 20.7 Å². The van der Waals surface area contributed by atoms with Crippen molar-refractivity contribution in [1.29, 1.82) is 5.26 Å². The monoisotopic (exact) mass is 655 g/mol. The summed E-state index contributed by atoms with van der Waals surface area (Å²) in [6.07, 6.45) is 0. The number of nitriles is 1. The zero-order valence-electron chi connectivity index (χ0n) is 26.6. The summed E-state index contributed by atoms with van der Waals surface area (Å²) in [6, 6.07) is 53.4. The molecule has 0 aliphatic carbocycles. The molecular formula is C42H25N7Si. The van der Waals surface area contributed by atoms with Crippen molar-refractivity contribution < 1.29 is 0 Å². The van der Waals surface area contributed by atoms with E-state index < -0.39 is 8.07 Å². The number of hydrogen-bond donors (Lipinski definition) is 0. The van der Waals surface area contributed by atoms with Crippen LogP contribution in [0.3, 0.4) is 0 Å². The summed E-state index contributed by atoms with van der Waals surface area (Å²) >= 11 is 0. The van der Waals surface area contributed by atoms with Crippen LogP contribution in [0.2, 0.25) is 0 Å². The van der Waals surface area contributed by atoms with Crippen LogP contribution in [0.25, 0.3) is 48.8 Å².